The summed E-state index contributed by atoms with van der Waals surface area (Å²) in [6.07, 6.45) is 7.78. The molecule has 0 unspecified atom stereocenters. The molecule has 1 aliphatic heterocycles. The van der Waals surface area contributed by atoms with Crippen molar-refractivity contribution in [1.82, 2.24) is 9.47 Å². The number of carbonyl (C=O) groups excluding carboxylic acids is 1. The largest absolute Gasteiger partial charge is 0.339 e. The van der Waals surface area contributed by atoms with Crippen molar-refractivity contribution >= 4 is 5.91 Å². The van der Waals surface area contributed by atoms with E-state index in [4.69, 9.17) is 5.26 Å². The maximum Gasteiger partial charge on any atom is 0.255 e. The molecule has 5 nitrogen and oxygen atoms in total. The van der Waals surface area contributed by atoms with Crippen LogP contribution in [-0.4, -0.2) is 28.5 Å². The van der Waals surface area contributed by atoms with Crippen LogP contribution in [0.25, 0.3) is 0 Å². The Morgan fingerprint density at radius 1 is 1.26 bits per heavy atom. The number of likely N-dealkylation sites (tertiary alicyclic amines) is 1. The third-order valence-electron chi connectivity index (χ3n) is 5.21. The minimum Gasteiger partial charge on any atom is -0.339 e. The Morgan fingerprint density at radius 2 is 1.91 bits per heavy atom. The topological polar surface area (TPSA) is 66.1 Å². The maximum atomic E-state index is 12.9. The van der Waals surface area contributed by atoms with Crippen LogP contribution >= 0.6 is 0 Å². The Bertz CT molecular complexity index is 706. The highest BCUT2D eigenvalue weighted by Crippen LogP contribution is 2.25. The van der Waals surface area contributed by atoms with Gasteiger partial charge in [-0.1, -0.05) is 0 Å². The molecule has 1 aromatic rings. The highest BCUT2D eigenvalue weighted by atomic mass is 16.2. The smallest absolute Gasteiger partial charge is 0.255 e. The molecule has 0 aromatic carbocycles. The molecule has 1 aromatic heterocycles. The maximum absolute atomic E-state index is 12.9. The number of aromatic nitrogens is 1. The SMILES string of the molecule is Cn1cc(C(=O)N2CCC(CC#N)CC2)c2c(c1=O)CCCC2. The normalized spacial score (nSPS) is 18.3. The number of nitriles is 1. The van der Waals surface area contributed by atoms with Crippen LogP contribution in [0.4, 0.5) is 0 Å². The van der Waals surface area contributed by atoms with E-state index in [1.54, 1.807) is 17.8 Å². The molecule has 0 saturated carbocycles. The number of piperidine rings is 1. The summed E-state index contributed by atoms with van der Waals surface area (Å²) in [5, 5.41) is 8.80. The molecule has 0 radical (unpaired) electrons. The number of amides is 1. The van der Waals surface area contributed by atoms with Crippen molar-refractivity contribution in [2.45, 2.75) is 44.9 Å². The molecule has 0 N–H and O–H groups in total. The van der Waals surface area contributed by atoms with Gasteiger partial charge in [-0.15, -0.1) is 0 Å². The molecular formula is C18H23N3O2. The van der Waals surface area contributed by atoms with Gasteiger partial charge in [-0.25, -0.2) is 0 Å². The zero-order valence-electron chi connectivity index (χ0n) is 13.7. The summed E-state index contributed by atoms with van der Waals surface area (Å²) in [4.78, 5) is 27.1. The fourth-order valence-electron chi connectivity index (χ4n) is 3.81. The second-order valence-electron chi connectivity index (χ2n) is 6.72. The van der Waals surface area contributed by atoms with Gasteiger partial charge in [0.15, 0.2) is 0 Å². The molecule has 2 aliphatic rings. The summed E-state index contributed by atoms with van der Waals surface area (Å²) < 4.78 is 1.56. The molecule has 0 bridgehead atoms. The van der Waals surface area contributed by atoms with E-state index in [1.165, 1.54) is 0 Å². The number of pyridine rings is 1. The molecule has 1 amide bonds. The molecule has 0 atom stereocenters. The van der Waals surface area contributed by atoms with Gasteiger partial charge in [0, 0.05) is 38.3 Å². The fourth-order valence-corrected chi connectivity index (χ4v) is 3.81. The molecule has 1 fully saturated rings. The van der Waals surface area contributed by atoms with Crippen LogP contribution in [0.15, 0.2) is 11.0 Å². The number of fused-ring (bicyclic) bond motifs is 1. The zero-order valence-corrected chi connectivity index (χ0v) is 13.7. The summed E-state index contributed by atoms with van der Waals surface area (Å²) in [7, 11) is 1.73. The first-order valence-electron chi connectivity index (χ1n) is 8.49. The van der Waals surface area contributed by atoms with Crippen molar-refractivity contribution in [2.75, 3.05) is 13.1 Å². The first-order valence-corrected chi connectivity index (χ1v) is 8.49. The third kappa shape index (κ3) is 3.03. The first kappa shape index (κ1) is 15.8. The third-order valence-corrected chi connectivity index (χ3v) is 5.21. The zero-order chi connectivity index (χ0) is 16.4. The first-order chi connectivity index (χ1) is 11.1. The lowest BCUT2D eigenvalue weighted by atomic mass is 9.88. The van der Waals surface area contributed by atoms with Gasteiger partial charge in [0.1, 0.15) is 0 Å². The van der Waals surface area contributed by atoms with Gasteiger partial charge in [0.05, 0.1) is 11.6 Å². The van der Waals surface area contributed by atoms with Crippen LogP contribution in [0, 0.1) is 17.2 Å². The lowest BCUT2D eigenvalue weighted by Gasteiger charge is -2.32. The van der Waals surface area contributed by atoms with E-state index in [0.717, 1.165) is 49.7 Å². The number of aryl methyl sites for hydroxylation is 1. The molecular weight excluding hydrogens is 290 g/mol. The highest BCUT2D eigenvalue weighted by molar-refractivity contribution is 5.95. The van der Waals surface area contributed by atoms with E-state index >= 15 is 0 Å². The van der Waals surface area contributed by atoms with Crippen molar-refractivity contribution in [3.8, 4) is 6.07 Å². The molecule has 122 valence electrons. The van der Waals surface area contributed by atoms with Gasteiger partial charge in [-0.05, 0) is 50.0 Å². The standard InChI is InChI=1S/C18H23N3O2/c1-20-12-16(14-4-2-3-5-15(14)17(20)22)18(23)21-10-7-13(6-9-19)8-11-21/h12-13H,2-8,10-11H2,1H3. The molecule has 23 heavy (non-hydrogen) atoms. The number of rotatable bonds is 2. The van der Waals surface area contributed by atoms with E-state index in [-0.39, 0.29) is 11.5 Å². The molecule has 2 heterocycles. The van der Waals surface area contributed by atoms with Gasteiger partial charge in [0.2, 0.25) is 0 Å². The van der Waals surface area contributed by atoms with Crippen molar-refractivity contribution < 1.29 is 4.79 Å². The van der Waals surface area contributed by atoms with Crippen molar-refractivity contribution in [3.63, 3.8) is 0 Å². The minimum atomic E-state index is 0.0454. The van der Waals surface area contributed by atoms with Gasteiger partial charge >= 0.3 is 0 Å². The Hall–Kier alpha value is -2.09. The predicted molar refractivity (Wildman–Crippen MR) is 87.2 cm³/mol. The Morgan fingerprint density at radius 3 is 2.57 bits per heavy atom. The minimum absolute atomic E-state index is 0.0454. The lowest BCUT2D eigenvalue weighted by Crippen LogP contribution is -2.40. The van der Waals surface area contributed by atoms with E-state index in [0.29, 0.717) is 31.0 Å². The van der Waals surface area contributed by atoms with Crippen LogP contribution in [0.3, 0.4) is 0 Å². The summed E-state index contributed by atoms with van der Waals surface area (Å²) in [5.41, 5.74) is 2.57. The predicted octanol–water partition coefficient (Wildman–Crippen LogP) is 2.03. The van der Waals surface area contributed by atoms with Gasteiger partial charge in [-0.2, -0.15) is 5.26 Å². The second kappa shape index (κ2) is 6.57. The summed E-state index contributed by atoms with van der Waals surface area (Å²) in [6, 6.07) is 2.23. The summed E-state index contributed by atoms with van der Waals surface area (Å²) >= 11 is 0. The van der Waals surface area contributed by atoms with Crippen LogP contribution in [0.2, 0.25) is 0 Å². The average molecular weight is 313 g/mol. The van der Waals surface area contributed by atoms with Crippen LogP contribution in [0.1, 0.15) is 53.6 Å². The molecule has 3 rings (SSSR count). The molecule has 1 aliphatic carbocycles. The van der Waals surface area contributed by atoms with Crippen LogP contribution < -0.4 is 5.56 Å². The highest BCUT2D eigenvalue weighted by Gasteiger charge is 2.27. The number of hydrogen-bond acceptors (Lipinski definition) is 3. The lowest BCUT2D eigenvalue weighted by molar-refractivity contribution is 0.0689. The van der Waals surface area contributed by atoms with E-state index in [1.807, 2.05) is 4.90 Å². The number of hydrogen-bond donors (Lipinski definition) is 0. The van der Waals surface area contributed by atoms with E-state index in [9.17, 15) is 9.59 Å². The number of nitrogens with zero attached hydrogens (tertiary/aromatic N) is 3. The Labute approximate surface area is 136 Å². The fraction of sp³-hybridized carbons (Fsp3) is 0.611. The van der Waals surface area contributed by atoms with Crippen molar-refractivity contribution in [2.24, 2.45) is 13.0 Å². The molecule has 5 heteroatoms. The number of carbonyl (C=O) groups is 1. The second-order valence-corrected chi connectivity index (χ2v) is 6.72. The molecule has 0 spiro atoms. The van der Waals surface area contributed by atoms with Crippen molar-refractivity contribution in [1.29, 1.82) is 5.26 Å². The van der Waals surface area contributed by atoms with Crippen LogP contribution in [0.5, 0.6) is 0 Å². The van der Waals surface area contributed by atoms with E-state index < -0.39 is 0 Å². The van der Waals surface area contributed by atoms with Crippen LogP contribution in [-0.2, 0) is 19.9 Å². The van der Waals surface area contributed by atoms with Gasteiger partial charge in [-0.3, -0.25) is 9.59 Å². The summed E-state index contributed by atoms with van der Waals surface area (Å²) in [6.45, 7) is 1.42. The Kier molecular flexibility index (Phi) is 4.51. The van der Waals surface area contributed by atoms with Gasteiger partial charge < -0.3 is 9.47 Å². The van der Waals surface area contributed by atoms with Crippen molar-refractivity contribution in [3.05, 3.63) is 33.2 Å². The van der Waals surface area contributed by atoms with E-state index in [2.05, 4.69) is 6.07 Å². The quantitative estimate of drug-likeness (QED) is 0.839. The van der Waals surface area contributed by atoms with Gasteiger partial charge in [0.25, 0.3) is 11.5 Å². The monoisotopic (exact) mass is 313 g/mol. The average Bonchev–Trinajstić information content (AvgIpc) is 2.58. The summed E-state index contributed by atoms with van der Waals surface area (Å²) in [5.74, 6) is 0.465. The molecule has 1 saturated heterocycles. The Balaban J connectivity index is 1.85.